The van der Waals surface area contributed by atoms with E-state index in [1.54, 1.807) is 45.4 Å². The summed E-state index contributed by atoms with van der Waals surface area (Å²) >= 11 is 5.69. The van der Waals surface area contributed by atoms with Crippen LogP contribution < -0.4 is 5.32 Å². The number of carbonyl (C=O) groups excluding carboxylic acids is 2. The van der Waals surface area contributed by atoms with Gasteiger partial charge < -0.3 is 15.0 Å². The number of carbonyl (C=O) groups is 2. The van der Waals surface area contributed by atoms with Crippen molar-refractivity contribution >= 4 is 29.1 Å². The van der Waals surface area contributed by atoms with E-state index in [1.807, 2.05) is 12.1 Å². The molecule has 1 saturated carbocycles. The number of ether oxygens (including phenoxy) is 1. The Morgan fingerprint density at radius 3 is 2.73 bits per heavy atom. The van der Waals surface area contributed by atoms with Gasteiger partial charge >= 0.3 is 5.97 Å². The summed E-state index contributed by atoms with van der Waals surface area (Å²) in [5, 5.41) is 3.07. The summed E-state index contributed by atoms with van der Waals surface area (Å²) in [6.45, 7) is 1.75. The molecule has 1 aliphatic rings. The van der Waals surface area contributed by atoms with Gasteiger partial charge in [-0.15, -0.1) is 0 Å². The maximum Gasteiger partial charge on any atom is 0.305 e. The Morgan fingerprint density at radius 1 is 1.46 bits per heavy atom. The average Bonchev–Trinajstić information content (AvgIpc) is 2.67. The predicted octanol–water partition coefficient (Wildman–Crippen LogP) is 2.08. The van der Waals surface area contributed by atoms with E-state index in [0.717, 1.165) is 12.0 Å². The Bertz CT molecular complexity index is 665. The molecule has 1 aliphatic carbocycles. The Hall–Kier alpha value is -2.02. The topological polar surface area (TPSA) is 71.5 Å². The molecule has 1 fully saturated rings. The van der Waals surface area contributed by atoms with Crippen LogP contribution in [0, 0.1) is 5.92 Å². The number of likely N-dealkylation sites (N-methyl/N-ethyl adjacent to an activating group) is 1. The largest absolute Gasteiger partial charge is 0.460 e. The maximum absolute atomic E-state index is 12.9. The molecular formula is C19H27N3O3S. The first-order valence-electron chi connectivity index (χ1n) is 8.91. The molecule has 3 atom stereocenters. The first-order chi connectivity index (χ1) is 12.4. The van der Waals surface area contributed by atoms with Gasteiger partial charge in [-0.25, -0.2) is 0 Å². The SMILES string of the molecule is CCC(=O)O[C@@H]1C(C(=O)N(C)C)CCC[C@]1(C(=S)NC)c1cccnc1. The summed E-state index contributed by atoms with van der Waals surface area (Å²) in [6.07, 6.45) is 5.18. The Balaban J connectivity index is 2.62. The molecule has 2 rings (SSSR count). The number of thiocarbonyl (C=S) groups is 1. The quantitative estimate of drug-likeness (QED) is 0.626. The van der Waals surface area contributed by atoms with Crippen LogP contribution in [0.25, 0.3) is 0 Å². The van der Waals surface area contributed by atoms with Crippen molar-refractivity contribution < 1.29 is 14.3 Å². The van der Waals surface area contributed by atoms with E-state index in [9.17, 15) is 9.59 Å². The minimum atomic E-state index is -0.766. The van der Waals surface area contributed by atoms with Gasteiger partial charge in [0.2, 0.25) is 5.91 Å². The molecule has 0 saturated heterocycles. The molecule has 6 nitrogen and oxygen atoms in total. The second-order valence-corrected chi connectivity index (χ2v) is 7.20. The highest BCUT2D eigenvalue weighted by Crippen LogP contribution is 2.45. The molecule has 26 heavy (non-hydrogen) atoms. The maximum atomic E-state index is 12.9. The summed E-state index contributed by atoms with van der Waals surface area (Å²) in [5.74, 6) is -0.827. The van der Waals surface area contributed by atoms with Crippen molar-refractivity contribution in [2.24, 2.45) is 5.92 Å². The monoisotopic (exact) mass is 377 g/mol. The Morgan fingerprint density at radius 2 is 2.19 bits per heavy atom. The van der Waals surface area contributed by atoms with Gasteiger partial charge in [0.05, 0.1) is 16.3 Å². The first kappa shape index (κ1) is 20.3. The van der Waals surface area contributed by atoms with E-state index in [1.165, 1.54) is 0 Å². The lowest BCUT2D eigenvalue weighted by Gasteiger charge is -2.47. The highest BCUT2D eigenvalue weighted by molar-refractivity contribution is 7.80. The van der Waals surface area contributed by atoms with E-state index < -0.39 is 17.4 Å². The number of pyridine rings is 1. The van der Waals surface area contributed by atoms with Crippen LogP contribution in [-0.2, 0) is 19.7 Å². The minimum Gasteiger partial charge on any atom is -0.460 e. The summed E-state index contributed by atoms with van der Waals surface area (Å²) in [5.41, 5.74) is 0.0992. The standard InChI is InChI=1S/C19H27N3O3S/c1-5-15(23)25-16-14(17(24)22(3)4)9-6-10-19(16,18(26)20-2)13-8-7-11-21-12-13/h7-8,11-12,14,16H,5-6,9-10H2,1-4H3,(H,20,26)/t14?,16-,19+/m1/s1. The second kappa shape index (κ2) is 8.58. The van der Waals surface area contributed by atoms with E-state index in [4.69, 9.17) is 17.0 Å². The lowest BCUT2D eigenvalue weighted by molar-refractivity contribution is -0.161. The number of aromatic nitrogens is 1. The molecular weight excluding hydrogens is 350 g/mol. The van der Waals surface area contributed by atoms with Crippen molar-refractivity contribution in [1.29, 1.82) is 0 Å². The smallest absolute Gasteiger partial charge is 0.305 e. The van der Waals surface area contributed by atoms with Gasteiger partial charge in [0.25, 0.3) is 0 Å². The number of hydrogen-bond donors (Lipinski definition) is 1. The number of rotatable bonds is 5. The lowest BCUT2D eigenvalue weighted by atomic mass is 9.63. The lowest BCUT2D eigenvalue weighted by Crippen LogP contribution is -2.59. The fraction of sp³-hybridized carbons (Fsp3) is 0.579. The molecule has 0 aromatic carbocycles. The van der Waals surface area contributed by atoms with Crippen LogP contribution in [0.1, 0.15) is 38.2 Å². The van der Waals surface area contributed by atoms with E-state index in [2.05, 4.69) is 10.3 Å². The van der Waals surface area contributed by atoms with Crippen LogP contribution in [0.5, 0.6) is 0 Å². The molecule has 1 unspecified atom stereocenters. The Labute approximate surface area is 160 Å². The number of hydrogen-bond acceptors (Lipinski definition) is 5. The van der Waals surface area contributed by atoms with E-state index in [-0.39, 0.29) is 18.3 Å². The predicted molar refractivity (Wildman–Crippen MR) is 104 cm³/mol. The van der Waals surface area contributed by atoms with Crippen LogP contribution in [-0.4, -0.2) is 54.0 Å². The van der Waals surface area contributed by atoms with Crippen LogP contribution in [0.3, 0.4) is 0 Å². The zero-order valence-electron chi connectivity index (χ0n) is 15.8. The molecule has 142 valence electrons. The summed E-state index contributed by atoms with van der Waals surface area (Å²) < 4.78 is 5.88. The third kappa shape index (κ3) is 3.72. The van der Waals surface area contributed by atoms with Crippen molar-refractivity contribution in [3.8, 4) is 0 Å². The van der Waals surface area contributed by atoms with E-state index >= 15 is 0 Å². The number of nitrogens with zero attached hydrogens (tertiary/aromatic N) is 2. The zero-order chi connectivity index (χ0) is 19.3. The number of nitrogens with one attached hydrogen (secondary N) is 1. The van der Waals surface area contributed by atoms with Gasteiger partial charge in [-0.1, -0.05) is 31.6 Å². The van der Waals surface area contributed by atoms with Crippen LogP contribution in [0.2, 0.25) is 0 Å². The normalized spacial score (nSPS) is 25.2. The van der Waals surface area contributed by atoms with Crippen molar-refractivity contribution in [2.45, 2.75) is 44.1 Å². The summed E-state index contributed by atoms with van der Waals surface area (Å²) in [6, 6.07) is 3.78. The fourth-order valence-corrected chi connectivity index (χ4v) is 4.10. The summed E-state index contributed by atoms with van der Waals surface area (Å²) in [7, 11) is 5.20. The van der Waals surface area contributed by atoms with Gasteiger partial charge in [0.15, 0.2) is 0 Å². The van der Waals surface area contributed by atoms with Crippen LogP contribution >= 0.6 is 12.2 Å². The van der Waals surface area contributed by atoms with Gasteiger partial charge in [-0.05, 0) is 24.5 Å². The van der Waals surface area contributed by atoms with Gasteiger partial charge in [-0.2, -0.15) is 0 Å². The van der Waals surface area contributed by atoms with Crippen molar-refractivity contribution in [3.05, 3.63) is 30.1 Å². The van der Waals surface area contributed by atoms with Crippen molar-refractivity contribution in [2.75, 3.05) is 21.1 Å². The van der Waals surface area contributed by atoms with Gasteiger partial charge in [0.1, 0.15) is 6.10 Å². The first-order valence-corrected chi connectivity index (χ1v) is 9.32. The number of esters is 1. The Kier molecular flexibility index (Phi) is 6.69. The van der Waals surface area contributed by atoms with Gasteiger partial charge in [0, 0.05) is 40.0 Å². The molecule has 1 aromatic heterocycles. The molecule has 1 N–H and O–H groups in total. The van der Waals surface area contributed by atoms with E-state index in [0.29, 0.717) is 17.8 Å². The molecule has 7 heteroatoms. The molecule has 1 aromatic rings. The zero-order valence-corrected chi connectivity index (χ0v) is 16.6. The molecule has 1 amide bonds. The highest BCUT2D eigenvalue weighted by atomic mass is 32.1. The molecule has 0 bridgehead atoms. The third-order valence-corrected chi connectivity index (χ3v) is 5.62. The molecule has 1 heterocycles. The molecule has 0 spiro atoms. The number of amides is 1. The molecule has 0 radical (unpaired) electrons. The minimum absolute atomic E-state index is 0.0502. The van der Waals surface area contributed by atoms with Crippen molar-refractivity contribution in [3.63, 3.8) is 0 Å². The van der Waals surface area contributed by atoms with Gasteiger partial charge in [-0.3, -0.25) is 14.6 Å². The summed E-state index contributed by atoms with van der Waals surface area (Å²) in [4.78, 5) is 31.4. The second-order valence-electron chi connectivity index (χ2n) is 6.79. The fourth-order valence-electron chi connectivity index (χ4n) is 3.76. The van der Waals surface area contributed by atoms with Crippen molar-refractivity contribution in [1.82, 2.24) is 15.2 Å². The molecule has 0 aliphatic heterocycles. The highest BCUT2D eigenvalue weighted by Gasteiger charge is 2.54. The van der Waals surface area contributed by atoms with Crippen LogP contribution in [0.15, 0.2) is 24.5 Å². The average molecular weight is 378 g/mol. The van der Waals surface area contributed by atoms with Crippen LogP contribution in [0.4, 0.5) is 0 Å². The third-order valence-electron chi connectivity index (χ3n) is 5.05.